The van der Waals surface area contributed by atoms with Gasteiger partial charge in [-0.15, -0.1) is 0 Å². The van der Waals surface area contributed by atoms with Crippen LogP contribution in [0.25, 0.3) is 16.7 Å². The lowest BCUT2D eigenvalue weighted by Crippen LogP contribution is -2.50. The Kier molecular flexibility index (Phi) is 7.42. The highest BCUT2D eigenvalue weighted by Gasteiger charge is 2.54. The fourth-order valence-electron chi connectivity index (χ4n) is 7.68. The predicted molar refractivity (Wildman–Crippen MR) is 216 cm³/mol. The largest absolute Gasteiger partial charge is 0.398 e. The van der Waals surface area contributed by atoms with Crippen molar-refractivity contribution >= 4 is 50.9 Å². The summed E-state index contributed by atoms with van der Waals surface area (Å²) < 4.78 is 0. The lowest BCUT2D eigenvalue weighted by Gasteiger charge is -2.38. The van der Waals surface area contributed by atoms with Gasteiger partial charge in [-0.05, 0) is 72.8 Å². The molecule has 0 spiro atoms. The van der Waals surface area contributed by atoms with Gasteiger partial charge in [0.2, 0.25) is 5.72 Å². The van der Waals surface area contributed by atoms with Gasteiger partial charge in [-0.2, -0.15) is 0 Å². The number of anilines is 4. The number of benzene rings is 4. The monoisotopic (exact) mass is 708 g/mol. The van der Waals surface area contributed by atoms with Crippen LogP contribution in [0.2, 0.25) is 0 Å². The second kappa shape index (κ2) is 12.2. The molecule has 2 aromatic heterocycles. The number of aliphatic imine (C=N–C) groups is 2. The fourth-order valence-corrected chi connectivity index (χ4v) is 7.68. The quantitative estimate of drug-likeness (QED) is 0.124. The van der Waals surface area contributed by atoms with E-state index in [-0.39, 0.29) is 16.9 Å². The van der Waals surface area contributed by atoms with Crippen molar-refractivity contribution in [2.75, 3.05) is 22.9 Å². The van der Waals surface area contributed by atoms with Crippen LogP contribution >= 0.6 is 0 Å². The van der Waals surface area contributed by atoms with Crippen LogP contribution in [0.4, 0.5) is 22.7 Å². The van der Waals surface area contributed by atoms with Crippen LogP contribution < -0.4 is 33.6 Å². The normalized spacial score (nSPS) is 20.4. The average Bonchev–Trinajstić information content (AvgIpc) is 4.01. The maximum absolute atomic E-state index is 13.1. The predicted octanol–water partition coefficient (Wildman–Crippen LogP) is 4.49. The van der Waals surface area contributed by atoms with Crippen LogP contribution in [0.15, 0.2) is 161 Å². The number of allylic oxidation sites excluding steroid dienone is 4. The summed E-state index contributed by atoms with van der Waals surface area (Å²) in [7, 11) is 0. The molecule has 4 aromatic carbocycles. The van der Waals surface area contributed by atoms with Gasteiger partial charge in [0.1, 0.15) is 0 Å². The van der Waals surface area contributed by atoms with Gasteiger partial charge in [-0.1, -0.05) is 72.8 Å². The minimum atomic E-state index is -2.25. The first-order valence-electron chi connectivity index (χ1n) is 17.4. The summed E-state index contributed by atoms with van der Waals surface area (Å²) in [4.78, 5) is 17.2. The number of hydrogen-bond acceptors (Lipinski definition) is 8. The molecule has 0 fully saturated rings. The van der Waals surface area contributed by atoms with E-state index in [0.717, 1.165) is 33.0 Å². The average molecular weight is 709 g/mol. The summed E-state index contributed by atoms with van der Waals surface area (Å²) in [5.74, 6) is 0. The van der Waals surface area contributed by atoms with Crippen molar-refractivity contribution in [3.8, 4) is 0 Å². The van der Waals surface area contributed by atoms with Crippen molar-refractivity contribution in [3.63, 3.8) is 0 Å². The number of aromatic amines is 2. The number of aromatic nitrogens is 2. The summed E-state index contributed by atoms with van der Waals surface area (Å²) >= 11 is 0. The third-order valence-corrected chi connectivity index (χ3v) is 10.3. The maximum Gasteiger partial charge on any atom is 0.215 e. The van der Waals surface area contributed by atoms with Crippen LogP contribution in [0.1, 0.15) is 33.6 Å². The van der Waals surface area contributed by atoms with Gasteiger partial charge in [-0.25, -0.2) is 9.98 Å². The first-order valence-corrected chi connectivity index (χ1v) is 17.4. The minimum absolute atomic E-state index is 0.247. The zero-order valence-corrected chi connectivity index (χ0v) is 29.0. The van der Waals surface area contributed by atoms with Gasteiger partial charge in [0, 0.05) is 78.1 Å². The summed E-state index contributed by atoms with van der Waals surface area (Å²) in [6, 6.07) is 37.1. The highest BCUT2D eigenvalue weighted by Crippen LogP contribution is 2.47. The number of hydrogen-bond donors (Lipinski definition) is 8. The van der Waals surface area contributed by atoms with Crippen LogP contribution in [-0.2, 0) is 5.60 Å². The third kappa shape index (κ3) is 4.96. The molecule has 3 aliphatic rings. The fraction of sp³-hybridized carbons (Fsp3) is 0.0455. The molecule has 2 atom stereocenters. The molecular formula is C44H36N8O2. The Hall–Kier alpha value is -7.14. The van der Waals surface area contributed by atoms with Crippen LogP contribution in [-0.4, -0.2) is 37.3 Å². The second-order valence-electron chi connectivity index (χ2n) is 13.5. The number of aliphatic hydroxyl groups is 2. The van der Waals surface area contributed by atoms with Crippen molar-refractivity contribution in [2.45, 2.75) is 11.3 Å². The minimum Gasteiger partial charge on any atom is -0.398 e. The van der Waals surface area contributed by atoms with E-state index in [1.807, 2.05) is 97.1 Å². The Morgan fingerprint density at radius 1 is 0.500 bits per heavy atom. The number of fused-ring (bicyclic) bond motifs is 6. The van der Waals surface area contributed by atoms with Crippen LogP contribution in [0.5, 0.6) is 0 Å². The van der Waals surface area contributed by atoms with Crippen molar-refractivity contribution in [2.24, 2.45) is 9.98 Å². The number of H-pyrrole nitrogens is 2. The second-order valence-corrected chi connectivity index (χ2v) is 13.5. The molecule has 6 aromatic rings. The zero-order chi connectivity index (χ0) is 37.2. The highest BCUT2D eigenvalue weighted by atomic mass is 16.4. The molecule has 0 saturated carbocycles. The summed E-state index contributed by atoms with van der Waals surface area (Å²) in [6.45, 7) is 0. The first-order chi connectivity index (χ1) is 26.2. The molecule has 12 N–H and O–H groups in total. The van der Waals surface area contributed by atoms with E-state index in [9.17, 15) is 10.2 Å². The van der Waals surface area contributed by atoms with Gasteiger partial charge in [-0.3, -0.25) is 0 Å². The Bertz CT molecular complexity index is 2820. The van der Waals surface area contributed by atoms with E-state index in [1.165, 1.54) is 6.08 Å². The number of para-hydroxylation sites is 4. The molecule has 0 radical (unpaired) electrons. The number of nitrogens with one attached hydrogen (secondary N) is 2. The third-order valence-electron chi connectivity index (χ3n) is 10.3. The van der Waals surface area contributed by atoms with Crippen molar-refractivity contribution in [3.05, 3.63) is 196 Å². The highest BCUT2D eigenvalue weighted by molar-refractivity contribution is 6.35. The molecule has 2 unspecified atom stereocenters. The standard InChI is InChI=1S/C44H36N8O2/c45-29-13-5-1-9-25(29)40-33-17-18-35(49-33)41(26-10-2-6-14-30(26)46)37-21-22-39(51-37)44(54,28-12-4-8-16-32(28)48)43(53)24-23-38(52-43)42(36-20-19-34(40)50-36)27-11-3-7-15-31(27)47/h1-24,49,51,53-54H,45-48H2. The van der Waals surface area contributed by atoms with E-state index >= 15 is 0 Å². The smallest absolute Gasteiger partial charge is 0.215 e. The van der Waals surface area contributed by atoms with Crippen molar-refractivity contribution in [1.29, 1.82) is 0 Å². The lowest BCUT2D eigenvalue weighted by molar-refractivity contribution is -0.0968. The number of rotatable bonds is 4. The van der Waals surface area contributed by atoms with E-state index in [0.29, 0.717) is 51.0 Å². The van der Waals surface area contributed by atoms with Crippen molar-refractivity contribution < 1.29 is 10.2 Å². The molecule has 9 rings (SSSR count). The number of nitrogen functional groups attached to an aromatic ring is 4. The Balaban J connectivity index is 1.45. The Morgan fingerprint density at radius 2 is 1.06 bits per heavy atom. The molecular weight excluding hydrogens is 673 g/mol. The van der Waals surface area contributed by atoms with Crippen LogP contribution in [0, 0.1) is 0 Å². The zero-order valence-electron chi connectivity index (χ0n) is 29.0. The van der Waals surface area contributed by atoms with Gasteiger partial charge in [0.05, 0.1) is 22.8 Å². The van der Waals surface area contributed by atoms with Gasteiger partial charge < -0.3 is 43.1 Å². The summed E-state index contributed by atoms with van der Waals surface area (Å²) in [5.41, 5.74) is 30.9. The maximum atomic E-state index is 13.1. The number of nitrogens with zero attached hydrogens (tertiary/aromatic N) is 2. The molecule has 54 heavy (non-hydrogen) atoms. The van der Waals surface area contributed by atoms with Gasteiger partial charge in [0.25, 0.3) is 0 Å². The molecule has 8 bridgehead atoms. The van der Waals surface area contributed by atoms with Crippen LogP contribution in [0.3, 0.4) is 0 Å². The molecule has 5 heterocycles. The van der Waals surface area contributed by atoms with E-state index in [1.54, 1.807) is 42.5 Å². The summed E-state index contributed by atoms with van der Waals surface area (Å²) in [6.07, 6.45) is 6.99. The molecule has 10 heteroatoms. The van der Waals surface area contributed by atoms with E-state index in [4.69, 9.17) is 32.9 Å². The molecule has 264 valence electrons. The van der Waals surface area contributed by atoms with Crippen molar-refractivity contribution in [1.82, 2.24) is 9.97 Å². The molecule has 0 amide bonds. The Morgan fingerprint density at radius 3 is 1.69 bits per heavy atom. The lowest BCUT2D eigenvalue weighted by atomic mass is 9.80. The first kappa shape index (κ1) is 32.7. The Labute approximate surface area is 310 Å². The SMILES string of the molecule is Nc1ccccc1C1=C2C=CC(=N2)C(c2ccccc2N)=c2ccc([nH]2)=C(c2ccccc2N)c2ccc([nH]2)C(O)(c2ccccc2N)C2(O)C=CC1=N2. The number of nitrogens with two attached hydrogens (primary N) is 4. The molecule has 3 aliphatic heterocycles. The molecule has 0 saturated heterocycles. The topological polar surface area (TPSA) is 201 Å². The summed E-state index contributed by atoms with van der Waals surface area (Å²) in [5, 5.41) is 27.3. The van der Waals surface area contributed by atoms with E-state index < -0.39 is 11.3 Å². The molecule has 10 nitrogen and oxygen atoms in total. The van der Waals surface area contributed by atoms with E-state index in [2.05, 4.69) is 9.97 Å². The molecule has 0 aliphatic carbocycles. The van der Waals surface area contributed by atoms with Gasteiger partial charge >= 0.3 is 0 Å². The van der Waals surface area contributed by atoms with Gasteiger partial charge in [0.15, 0.2) is 5.60 Å².